The number of amides is 2. The first-order chi connectivity index (χ1) is 15.9. The molecule has 0 saturated carbocycles. The zero-order valence-electron chi connectivity index (χ0n) is 19.3. The fourth-order valence-corrected chi connectivity index (χ4v) is 4.58. The Morgan fingerprint density at radius 1 is 1.27 bits per heavy atom. The summed E-state index contributed by atoms with van der Waals surface area (Å²) in [5, 5.41) is 21.0. The topological polar surface area (TPSA) is 116 Å². The van der Waals surface area contributed by atoms with E-state index in [-0.39, 0.29) is 24.4 Å². The first kappa shape index (κ1) is 23.2. The van der Waals surface area contributed by atoms with Gasteiger partial charge in [0.05, 0.1) is 12.3 Å². The second kappa shape index (κ2) is 10.3. The number of hydrogen-bond donors (Lipinski definition) is 3. The number of nitrogens with zero attached hydrogens (tertiary/aromatic N) is 5. The lowest BCUT2D eigenvalue weighted by Crippen LogP contribution is -2.42. The lowest BCUT2D eigenvalue weighted by atomic mass is 10.0. The molecule has 178 valence electrons. The average Bonchev–Trinajstić information content (AvgIpc) is 3.18. The Kier molecular flexibility index (Phi) is 7.24. The zero-order chi connectivity index (χ0) is 23.4. The lowest BCUT2D eigenvalue weighted by molar-refractivity contribution is -0.129. The minimum atomic E-state index is -0.655. The summed E-state index contributed by atoms with van der Waals surface area (Å²) in [5.74, 6) is 0.513. The van der Waals surface area contributed by atoms with Gasteiger partial charge in [0.1, 0.15) is 5.82 Å². The van der Waals surface area contributed by atoms with Crippen molar-refractivity contribution in [2.45, 2.75) is 44.9 Å². The maximum Gasteiger partial charge on any atom is 0.251 e. The summed E-state index contributed by atoms with van der Waals surface area (Å²) in [5.41, 5.74) is 2.95. The van der Waals surface area contributed by atoms with E-state index in [1.54, 1.807) is 25.3 Å². The van der Waals surface area contributed by atoms with Crippen molar-refractivity contribution < 1.29 is 14.7 Å². The number of carbonyl (C=O) groups excluding carboxylic acids is 2. The van der Waals surface area contributed by atoms with Crippen LogP contribution in [0.15, 0.2) is 24.5 Å². The summed E-state index contributed by atoms with van der Waals surface area (Å²) < 4.78 is 1.91. The molecule has 0 aliphatic carbocycles. The van der Waals surface area contributed by atoms with E-state index < -0.39 is 6.10 Å². The molecule has 0 bridgehead atoms. The molecule has 3 N–H and O–H groups in total. The summed E-state index contributed by atoms with van der Waals surface area (Å²) in [7, 11) is 1.95. The van der Waals surface area contributed by atoms with Gasteiger partial charge >= 0.3 is 0 Å². The van der Waals surface area contributed by atoms with Crippen LogP contribution in [0.3, 0.4) is 0 Å². The van der Waals surface area contributed by atoms with Crippen molar-refractivity contribution in [3.8, 4) is 0 Å². The molecule has 0 spiro atoms. The molecular weight excluding hydrogens is 422 g/mol. The molecule has 0 radical (unpaired) electrons. The van der Waals surface area contributed by atoms with Crippen LogP contribution in [-0.4, -0.2) is 86.4 Å². The number of carbonyl (C=O) groups is 2. The van der Waals surface area contributed by atoms with E-state index in [9.17, 15) is 14.7 Å². The van der Waals surface area contributed by atoms with Crippen LogP contribution in [0, 0.1) is 0 Å². The molecule has 0 unspecified atom stereocenters. The van der Waals surface area contributed by atoms with Gasteiger partial charge in [-0.3, -0.25) is 19.2 Å². The monoisotopic (exact) mass is 455 g/mol. The van der Waals surface area contributed by atoms with Gasteiger partial charge in [-0.05, 0) is 25.0 Å². The first-order valence-corrected chi connectivity index (χ1v) is 11.6. The molecule has 1 saturated heterocycles. The van der Waals surface area contributed by atoms with Crippen LogP contribution in [0.4, 0.5) is 5.82 Å². The Bertz CT molecular complexity index is 984. The number of aromatic nitrogens is 3. The van der Waals surface area contributed by atoms with Crippen molar-refractivity contribution in [3.05, 3.63) is 41.3 Å². The molecule has 1 atom stereocenters. The van der Waals surface area contributed by atoms with Crippen molar-refractivity contribution >= 4 is 17.6 Å². The van der Waals surface area contributed by atoms with Crippen LogP contribution < -0.4 is 10.6 Å². The highest BCUT2D eigenvalue weighted by molar-refractivity contribution is 5.94. The van der Waals surface area contributed by atoms with E-state index in [1.165, 1.54) is 11.3 Å². The molecule has 1 fully saturated rings. The Labute approximate surface area is 194 Å². The first-order valence-electron chi connectivity index (χ1n) is 11.6. The van der Waals surface area contributed by atoms with Gasteiger partial charge in [0.15, 0.2) is 0 Å². The number of likely N-dealkylation sites (tertiary alicyclic amines) is 1. The second-order valence-corrected chi connectivity index (χ2v) is 8.94. The minimum absolute atomic E-state index is 0.106. The summed E-state index contributed by atoms with van der Waals surface area (Å²) in [6, 6.07) is 3.62. The van der Waals surface area contributed by atoms with Crippen LogP contribution in [-0.2, 0) is 24.8 Å². The number of β-amino-alcohol motifs (C(OH)–C–C–N with tert-alkyl or cyclic N) is 1. The van der Waals surface area contributed by atoms with Crippen molar-refractivity contribution in [2.24, 2.45) is 7.05 Å². The molecule has 2 aliphatic heterocycles. The SMILES string of the molecule is CC(=O)N1CCC(Nc2cc(C(=O)NC[C@H](O)CN3CCc4c(cnn4C)C3)ccn2)CC1. The normalized spacial score (nSPS) is 18.0. The maximum absolute atomic E-state index is 12.6. The molecule has 2 aromatic rings. The number of fused-ring (bicyclic) bond motifs is 1. The number of aliphatic hydroxyl groups is 1. The molecular formula is C23H33N7O3. The fourth-order valence-electron chi connectivity index (χ4n) is 4.58. The van der Waals surface area contributed by atoms with Crippen LogP contribution in [0.5, 0.6) is 0 Å². The fraction of sp³-hybridized carbons (Fsp3) is 0.565. The number of anilines is 1. The van der Waals surface area contributed by atoms with E-state index in [4.69, 9.17) is 0 Å². The van der Waals surface area contributed by atoms with Crippen molar-refractivity contribution in [2.75, 3.05) is 38.0 Å². The maximum atomic E-state index is 12.6. The third-order valence-corrected chi connectivity index (χ3v) is 6.49. The Hall–Kier alpha value is -2.98. The number of hydrogen-bond acceptors (Lipinski definition) is 7. The van der Waals surface area contributed by atoms with Gasteiger partial charge in [0.2, 0.25) is 5.91 Å². The molecule has 4 heterocycles. The largest absolute Gasteiger partial charge is 0.390 e. The number of nitrogens with one attached hydrogen (secondary N) is 2. The van der Waals surface area contributed by atoms with Gasteiger partial charge in [0.25, 0.3) is 5.91 Å². The summed E-state index contributed by atoms with van der Waals surface area (Å²) in [4.78, 5) is 32.5. The van der Waals surface area contributed by atoms with Gasteiger partial charge in [-0.2, -0.15) is 5.10 Å². The van der Waals surface area contributed by atoms with E-state index in [1.807, 2.05) is 22.8 Å². The van der Waals surface area contributed by atoms with Crippen LogP contribution in [0.2, 0.25) is 0 Å². The minimum Gasteiger partial charge on any atom is -0.390 e. The Morgan fingerprint density at radius 3 is 2.82 bits per heavy atom. The molecule has 2 aliphatic rings. The molecule has 2 amide bonds. The smallest absolute Gasteiger partial charge is 0.251 e. The second-order valence-electron chi connectivity index (χ2n) is 8.94. The zero-order valence-corrected chi connectivity index (χ0v) is 19.3. The molecule has 10 nitrogen and oxygen atoms in total. The summed E-state index contributed by atoms with van der Waals surface area (Å²) in [6.07, 6.45) is 5.44. The predicted octanol–water partition coefficient (Wildman–Crippen LogP) is 0.387. The quantitative estimate of drug-likeness (QED) is 0.553. The molecule has 2 aromatic heterocycles. The molecule has 33 heavy (non-hydrogen) atoms. The van der Waals surface area contributed by atoms with E-state index in [0.717, 1.165) is 45.4 Å². The number of rotatable bonds is 7. The number of piperidine rings is 1. The van der Waals surface area contributed by atoms with Crippen LogP contribution in [0.1, 0.15) is 41.4 Å². The third-order valence-electron chi connectivity index (χ3n) is 6.49. The Morgan fingerprint density at radius 2 is 2.06 bits per heavy atom. The molecule has 10 heteroatoms. The van der Waals surface area contributed by atoms with Crippen molar-refractivity contribution in [3.63, 3.8) is 0 Å². The van der Waals surface area contributed by atoms with Crippen LogP contribution >= 0.6 is 0 Å². The van der Waals surface area contributed by atoms with Gasteiger partial charge in [-0.1, -0.05) is 0 Å². The predicted molar refractivity (Wildman–Crippen MR) is 124 cm³/mol. The van der Waals surface area contributed by atoms with Crippen molar-refractivity contribution in [1.29, 1.82) is 0 Å². The van der Waals surface area contributed by atoms with Crippen LogP contribution in [0.25, 0.3) is 0 Å². The van der Waals surface area contributed by atoms with Gasteiger partial charge in [-0.15, -0.1) is 0 Å². The number of aliphatic hydroxyl groups excluding tert-OH is 1. The highest BCUT2D eigenvalue weighted by Crippen LogP contribution is 2.18. The number of pyridine rings is 1. The summed E-state index contributed by atoms with van der Waals surface area (Å²) >= 11 is 0. The molecule has 0 aromatic carbocycles. The lowest BCUT2D eigenvalue weighted by Gasteiger charge is -2.32. The van der Waals surface area contributed by atoms with Crippen molar-refractivity contribution in [1.82, 2.24) is 29.9 Å². The number of aryl methyl sites for hydroxylation is 1. The third kappa shape index (κ3) is 5.88. The van der Waals surface area contributed by atoms with E-state index in [2.05, 4.69) is 25.6 Å². The Balaban J connectivity index is 1.23. The highest BCUT2D eigenvalue weighted by atomic mass is 16.3. The van der Waals surface area contributed by atoms with E-state index in [0.29, 0.717) is 17.9 Å². The van der Waals surface area contributed by atoms with Gasteiger partial charge in [-0.25, -0.2) is 4.98 Å². The van der Waals surface area contributed by atoms with Gasteiger partial charge in [0, 0.05) is 88.7 Å². The van der Waals surface area contributed by atoms with Gasteiger partial charge < -0.3 is 20.6 Å². The van der Waals surface area contributed by atoms with E-state index >= 15 is 0 Å². The molecule has 4 rings (SSSR count). The average molecular weight is 456 g/mol. The highest BCUT2D eigenvalue weighted by Gasteiger charge is 2.23. The standard InChI is InChI=1S/C23H33N7O3/c1-16(31)30-9-4-19(5-10-30)27-22-11-17(3-7-24-22)23(33)25-13-20(32)15-29-8-6-21-18(14-29)12-26-28(21)2/h3,7,11-12,19-20,32H,4-6,8-10,13-15H2,1-2H3,(H,24,27)(H,25,33)/t20-/m0/s1. The summed E-state index contributed by atoms with van der Waals surface area (Å²) in [6.45, 7) is 5.35.